The molecule has 0 saturated heterocycles. The maximum atomic E-state index is 12.1. The van der Waals surface area contributed by atoms with Gasteiger partial charge in [-0.2, -0.15) is 0 Å². The Morgan fingerprint density at radius 3 is 2.10 bits per heavy atom. The summed E-state index contributed by atoms with van der Waals surface area (Å²) in [6, 6.07) is 5.77. The predicted octanol–water partition coefficient (Wildman–Crippen LogP) is 1.97. The monoisotopic (exact) mass is 294 g/mol. The highest BCUT2D eigenvalue weighted by atomic mass is 35.5. The Kier molecular flexibility index (Phi) is 4.20. The number of nitrogens with one attached hydrogen (secondary N) is 1. The summed E-state index contributed by atoms with van der Waals surface area (Å²) in [6.07, 6.45) is 0.440. The smallest absolute Gasteiger partial charge is 0.276 e. The van der Waals surface area contributed by atoms with Gasteiger partial charge in [-0.25, -0.2) is 10.4 Å². The summed E-state index contributed by atoms with van der Waals surface area (Å²) in [5.41, 5.74) is 3.30. The number of amides is 2. The van der Waals surface area contributed by atoms with Crippen LogP contribution in [-0.4, -0.2) is 28.1 Å². The molecule has 0 unspecified atom stereocenters. The van der Waals surface area contributed by atoms with Crippen molar-refractivity contribution in [2.45, 2.75) is 26.3 Å². The number of hydrogen-bond acceptors (Lipinski definition) is 4. The van der Waals surface area contributed by atoms with E-state index in [-0.39, 0.29) is 5.92 Å². The van der Waals surface area contributed by atoms with Gasteiger partial charge in [0.05, 0.1) is 11.1 Å². The Morgan fingerprint density at radius 2 is 1.70 bits per heavy atom. The number of hydrazine groups is 1. The highest BCUT2D eigenvalue weighted by Crippen LogP contribution is 2.21. The third-order valence-corrected chi connectivity index (χ3v) is 3.32. The first-order chi connectivity index (χ1) is 9.41. The SMILES string of the molecule is CC(C)C[C@H](NN1C(=O)c2ccccc2C1=O)C(=O)Cl. The fraction of sp³-hybridized carbons (Fsp3) is 0.357. The first-order valence-electron chi connectivity index (χ1n) is 6.35. The second-order valence-corrected chi connectivity index (χ2v) is 5.48. The molecule has 0 spiro atoms. The third-order valence-electron chi connectivity index (χ3n) is 3.06. The molecule has 0 bridgehead atoms. The first-order valence-corrected chi connectivity index (χ1v) is 6.73. The van der Waals surface area contributed by atoms with Gasteiger partial charge >= 0.3 is 0 Å². The molecule has 0 saturated carbocycles. The highest BCUT2D eigenvalue weighted by Gasteiger charge is 2.37. The van der Waals surface area contributed by atoms with Crippen molar-refractivity contribution >= 4 is 28.7 Å². The summed E-state index contributed by atoms with van der Waals surface area (Å²) < 4.78 is 0. The van der Waals surface area contributed by atoms with E-state index in [0.29, 0.717) is 17.5 Å². The van der Waals surface area contributed by atoms with E-state index < -0.39 is 23.1 Å². The van der Waals surface area contributed by atoms with Crippen molar-refractivity contribution in [3.05, 3.63) is 35.4 Å². The van der Waals surface area contributed by atoms with E-state index in [1.165, 1.54) is 0 Å². The molecule has 0 radical (unpaired) electrons. The number of fused-ring (bicyclic) bond motifs is 1. The molecule has 2 amide bonds. The van der Waals surface area contributed by atoms with Crippen molar-refractivity contribution in [3.63, 3.8) is 0 Å². The van der Waals surface area contributed by atoms with Gasteiger partial charge in [0, 0.05) is 0 Å². The molecule has 0 aliphatic carbocycles. The van der Waals surface area contributed by atoms with E-state index >= 15 is 0 Å². The molecule has 1 atom stereocenters. The lowest BCUT2D eigenvalue weighted by molar-refractivity contribution is -0.114. The number of halogens is 1. The van der Waals surface area contributed by atoms with E-state index in [9.17, 15) is 14.4 Å². The van der Waals surface area contributed by atoms with Crippen LogP contribution in [-0.2, 0) is 4.79 Å². The van der Waals surface area contributed by atoms with Crippen LogP contribution >= 0.6 is 11.6 Å². The zero-order chi connectivity index (χ0) is 14.9. The van der Waals surface area contributed by atoms with Gasteiger partial charge in [-0.15, -0.1) is 0 Å². The summed E-state index contributed by atoms with van der Waals surface area (Å²) in [4.78, 5) is 35.7. The molecule has 1 aliphatic rings. The molecule has 2 rings (SSSR count). The van der Waals surface area contributed by atoms with E-state index in [4.69, 9.17) is 11.6 Å². The third kappa shape index (κ3) is 2.73. The quantitative estimate of drug-likeness (QED) is 0.666. The number of benzene rings is 1. The summed E-state index contributed by atoms with van der Waals surface area (Å²) in [5.74, 6) is -0.722. The second kappa shape index (κ2) is 5.73. The van der Waals surface area contributed by atoms with Gasteiger partial charge in [0.2, 0.25) is 5.24 Å². The lowest BCUT2D eigenvalue weighted by Gasteiger charge is -2.22. The number of rotatable bonds is 5. The normalized spacial score (nSPS) is 15.7. The van der Waals surface area contributed by atoms with Crippen LogP contribution in [0.25, 0.3) is 0 Å². The zero-order valence-corrected chi connectivity index (χ0v) is 12.0. The molecule has 0 fully saturated rings. The van der Waals surface area contributed by atoms with Crippen molar-refractivity contribution in [1.29, 1.82) is 0 Å². The summed E-state index contributed by atoms with van der Waals surface area (Å²) >= 11 is 5.52. The average Bonchev–Trinajstić information content (AvgIpc) is 2.63. The number of imide groups is 1. The van der Waals surface area contributed by atoms with E-state index in [2.05, 4.69) is 5.43 Å². The molecule has 20 heavy (non-hydrogen) atoms. The number of nitrogens with zero attached hydrogens (tertiary/aromatic N) is 1. The minimum absolute atomic E-state index is 0.199. The average molecular weight is 295 g/mol. The molecular weight excluding hydrogens is 280 g/mol. The van der Waals surface area contributed by atoms with Crippen LogP contribution in [0.15, 0.2) is 24.3 Å². The van der Waals surface area contributed by atoms with Crippen molar-refractivity contribution in [3.8, 4) is 0 Å². The Bertz CT molecular complexity index is 536. The van der Waals surface area contributed by atoms with Crippen LogP contribution in [0.4, 0.5) is 0 Å². The largest absolute Gasteiger partial charge is 0.279 e. The van der Waals surface area contributed by atoms with E-state index in [1.807, 2.05) is 13.8 Å². The lowest BCUT2D eigenvalue weighted by Crippen LogP contribution is -2.50. The number of hydrogen-bond donors (Lipinski definition) is 1. The van der Waals surface area contributed by atoms with E-state index in [1.54, 1.807) is 24.3 Å². The predicted molar refractivity (Wildman–Crippen MR) is 74.2 cm³/mol. The van der Waals surface area contributed by atoms with Crippen LogP contribution in [0.1, 0.15) is 41.0 Å². The maximum absolute atomic E-state index is 12.1. The van der Waals surface area contributed by atoms with Gasteiger partial charge < -0.3 is 0 Å². The molecule has 5 nitrogen and oxygen atoms in total. The Labute approximate surface area is 121 Å². The van der Waals surface area contributed by atoms with E-state index in [0.717, 1.165) is 5.01 Å². The van der Waals surface area contributed by atoms with Crippen molar-refractivity contribution in [2.24, 2.45) is 5.92 Å². The standard InChI is InChI=1S/C14H15ClN2O3/c1-8(2)7-11(12(15)18)16-17-13(19)9-5-3-4-6-10(9)14(17)20/h3-6,8,11,16H,7H2,1-2H3/t11-/m0/s1. The second-order valence-electron chi connectivity index (χ2n) is 5.11. The molecule has 6 heteroatoms. The number of carbonyl (C=O) groups is 3. The Morgan fingerprint density at radius 1 is 1.20 bits per heavy atom. The molecule has 1 N–H and O–H groups in total. The van der Waals surface area contributed by atoms with Crippen LogP contribution in [0.2, 0.25) is 0 Å². The molecule has 1 aromatic rings. The van der Waals surface area contributed by atoms with Crippen LogP contribution < -0.4 is 5.43 Å². The van der Waals surface area contributed by atoms with Gasteiger partial charge in [-0.05, 0) is 36.1 Å². The van der Waals surface area contributed by atoms with Crippen molar-refractivity contribution in [1.82, 2.24) is 10.4 Å². The first kappa shape index (κ1) is 14.7. The molecule has 1 heterocycles. The topological polar surface area (TPSA) is 66.5 Å². The maximum Gasteiger partial charge on any atom is 0.276 e. The Hall–Kier alpha value is -1.72. The van der Waals surface area contributed by atoms with Gasteiger partial charge in [0.15, 0.2) is 0 Å². The lowest BCUT2D eigenvalue weighted by atomic mass is 10.1. The molecule has 106 valence electrons. The fourth-order valence-electron chi connectivity index (χ4n) is 2.13. The van der Waals surface area contributed by atoms with Crippen LogP contribution in [0.5, 0.6) is 0 Å². The summed E-state index contributed by atoms with van der Waals surface area (Å²) in [6.45, 7) is 3.85. The highest BCUT2D eigenvalue weighted by molar-refractivity contribution is 6.64. The summed E-state index contributed by atoms with van der Waals surface area (Å²) in [7, 11) is 0. The fourth-order valence-corrected chi connectivity index (χ4v) is 2.27. The minimum Gasteiger partial charge on any atom is -0.279 e. The molecular formula is C14H15ClN2O3. The number of carbonyl (C=O) groups excluding carboxylic acids is 3. The Balaban J connectivity index is 2.21. The van der Waals surface area contributed by atoms with Crippen LogP contribution in [0.3, 0.4) is 0 Å². The van der Waals surface area contributed by atoms with Gasteiger partial charge in [-0.1, -0.05) is 26.0 Å². The molecule has 0 aromatic heterocycles. The van der Waals surface area contributed by atoms with Crippen molar-refractivity contribution in [2.75, 3.05) is 0 Å². The minimum atomic E-state index is -0.765. The molecule has 1 aromatic carbocycles. The summed E-state index contributed by atoms with van der Waals surface area (Å²) in [5, 5.41) is 0.258. The zero-order valence-electron chi connectivity index (χ0n) is 11.2. The van der Waals surface area contributed by atoms with Crippen molar-refractivity contribution < 1.29 is 14.4 Å². The van der Waals surface area contributed by atoms with Crippen LogP contribution in [0, 0.1) is 5.92 Å². The van der Waals surface area contributed by atoms with Gasteiger partial charge in [0.1, 0.15) is 6.04 Å². The molecule has 1 aliphatic heterocycles. The van der Waals surface area contributed by atoms with Gasteiger partial charge in [0.25, 0.3) is 11.8 Å². The van der Waals surface area contributed by atoms with Gasteiger partial charge in [-0.3, -0.25) is 14.4 Å².